The number of aromatic nitrogens is 5. The number of nitrogens with zero attached hydrogens (tertiary/aromatic N) is 6. The van der Waals surface area contributed by atoms with E-state index in [0.717, 1.165) is 56.4 Å². The zero-order chi connectivity index (χ0) is 17.2. The van der Waals surface area contributed by atoms with E-state index in [1.165, 1.54) is 24.2 Å². The van der Waals surface area contributed by atoms with Crippen molar-refractivity contribution in [2.24, 2.45) is 5.92 Å². The number of hydrogen-bond acceptors (Lipinski definition) is 7. The van der Waals surface area contributed by atoms with Crippen LogP contribution in [0.25, 0.3) is 0 Å². The second-order valence-corrected chi connectivity index (χ2v) is 7.91. The lowest BCUT2D eigenvalue weighted by atomic mass is 9.93. The van der Waals surface area contributed by atoms with Gasteiger partial charge in [-0.15, -0.1) is 10.2 Å². The quantitative estimate of drug-likeness (QED) is 0.871. The fourth-order valence-electron chi connectivity index (χ4n) is 3.48. The van der Waals surface area contributed by atoms with Crippen molar-refractivity contribution < 1.29 is 4.79 Å². The van der Waals surface area contributed by atoms with Crippen LogP contribution in [0.4, 0.5) is 5.13 Å². The van der Waals surface area contributed by atoms with Crippen molar-refractivity contribution in [3.63, 3.8) is 0 Å². The second-order valence-electron chi connectivity index (χ2n) is 6.58. The summed E-state index contributed by atoms with van der Waals surface area (Å²) in [5.74, 6) is 1.23. The lowest BCUT2D eigenvalue weighted by Gasteiger charge is -2.31. The summed E-state index contributed by atoms with van der Waals surface area (Å²) in [7, 11) is 0. The van der Waals surface area contributed by atoms with E-state index < -0.39 is 0 Å². The number of anilines is 1. The van der Waals surface area contributed by atoms with Crippen molar-refractivity contribution in [1.82, 2.24) is 30.5 Å². The van der Waals surface area contributed by atoms with E-state index in [1.807, 2.05) is 4.90 Å². The van der Waals surface area contributed by atoms with Crippen LogP contribution in [0.2, 0.25) is 5.15 Å². The Morgan fingerprint density at radius 3 is 2.68 bits per heavy atom. The van der Waals surface area contributed by atoms with Gasteiger partial charge < -0.3 is 9.80 Å². The molecule has 0 unspecified atom stereocenters. The molecule has 2 aromatic rings. The summed E-state index contributed by atoms with van der Waals surface area (Å²) in [5, 5.41) is 15.3. The number of thiazole rings is 1. The normalized spacial score (nSPS) is 18.9. The lowest BCUT2D eigenvalue weighted by molar-refractivity contribution is 0.0694. The molecule has 0 radical (unpaired) electrons. The first-order valence-corrected chi connectivity index (χ1v) is 9.83. The molecule has 2 aliphatic heterocycles. The molecule has 25 heavy (non-hydrogen) atoms. The van der Waals surface area contributed by atoms with Crippen LogP contribution in [-0.2, 0) is 6.42 Å². The fraction of sp³-hybridized carbons (Fsp3) is 0.667. The predicted octanol–water partition coefficient (Wildman–Crippen LogP) is 2.00. The minimum absolute atomic E-state index is 0.00552. The largest absolute Gasteiger partial charge is 0.348 e. The van der Waals surface area contributed by atoms with E-state index in [2.05, 4.69) is 30.5 Å². The lowest BCUT2D eigenvalue weighted by Crippen LogP contribution is -2.38. The third kappa shape index (κ3) is 3.62. The smallest absolute Gasteiger partial charge is 0.267 e. The first kappa shape index (κ1) is 16.7. The highest BCUT2D eigenvalue weighted by molar-refractivity contribution is 7.18. The summed E-state index contributed by atoms with van der Waals surface area (Å²) in [6, 6.07) is 0. The van der Waals surface area contributed by atoms with Crippen molar-refractivity contribution in [1.29, 1.82) is 0 Å². The molecule has 0 saturated carbocycles. The van der Waals surface area contributed by atoms with Gasteiger partial charge in [0.1, 0.15) is 4.88 Å². The van der Waals surface area contributed by atoms with Crippen LogP contribution in [0.1, 0.15) is 41.2 Å². The van der Waals surface area contributed by atoms with Gasteiger partial charge in [0.25, 0.3) is 5.91 Å². The van der Waals surface area contributed by atoms with Gasteiger partial charge in [-0.25, -0.2) is 4.98 Å². The molecule has 0 aromatic carbocycles. The molecule has 2 aliphatic rings. The van der Waals surface area contributed by atoms with Gasteiger partial charge in [-0.3, -0.25) is 4.79 Å². The van der Waals surface area contributed by atoms with Crippen molar-refractivity contribution in [3.05, 3.63) is 15.9 Å². The minimum atomic E-state index is 0.00552. The summed E-state index contributed by atoms with van der Waals surface area (Å²) in [6.07, 6.45) is 5.03. The zero-order valence-electron chi connectivity index (χ0n) is 13.8. The molecule has 8 nitrogen and oxygen atoms in total. The summed E-state index contributed by atoms with van der Waals surface area (Å²) < 4.78 is 0. The summed E-state index contributed by atoms with van der Waals surface area (Å²) in [4.78, 5) is 21.9. The maximum Gasteiger partial charge on any atom is 0.267 e. The maximum atomic E-state index is 12.8. The van der Waals surface area contributed by atoms with E-state index in [-0.39, 0.29) is 5.91 Å². The highest BCUT2D eigenvalue weighted by Gasteiger charge is 2.29. The van der Waals surface area contributed by atoms with E-state index in [9.17, 15) is 4.79 Å². The van der Waals surface area contributed by atoms with Crippen molar-refractivity contribution >= 4 is 34.0 Å². The van der Waals surface area contributed by atoms with Gasteiger partial charge in [-0.1, -0.05) is 28.2 Å². The Morgan fingerprint density at radius 1 is 1.24 bits per heavy atom. The number of tetrazole rings is 1. The molecule has 10 heteroatoms. The highest BCUT2D eigenvalue weighted by atomic mass is 35.5. The third-order valence-corrected chi connectivity index (χ3v) is 6.40. The summed E-state index contributed by atoms with van der Waals surface area (Å²) in [5.41, 5.74) is 0. The standard InChI is InChI=1S/C15H20ClN7OS/c16-13-12(25-15(17-13)23-5-1-2-6-23)14(24)22-7-3-10(4-8-22)9-11-18-20-21-19-11/h10H,1-9H2,(H,18,19,20,21). The third-order valence-electron chi connectivity index (χ3n) is 4.91. The van der Waals surface area contributed by atoms with Crippen LogP contribution in [0.5, 0.6) is 0 Å². The first-order chi connectivity index (χ1) is 12.2. The molecule has 0 spiro atoms. The second kappa shape index (κ2) is 7.25. The molecule has 134 valence electrons. The molecular weight excluding hydrogens is 362 g/mol. The summed E-state index contributed by atoms with van der Waals surface area (Å²) in [6.45, 7) is 3.46. The Labute approximate surface area is 154 Å². The van der Waals surface area contributed by atoms with Gasteiger partial charge in [0.05, 0.1) is 0 Å². The maximum absolute atomic E-state index is 12.8. The monoisotopic (exact) mass is 381 g/mol. The van der Waals surface area contributed by atoms with Crippen LogP contribution in [-0.4, -0.2) is 62.6 Å². The Bertz CT molecular complexity index is 720. The Balaban J connectivity index is 1.37. The molecule has 4 rings (SSSR count). The fourth-order valence-corrected chi connectivity index (χ4v) is 4.78. The molecule has 0 aliphatic carbocycles. The number of aromatic amines is 1. The average Bonchev–Trinajstić information content (AvgIpc) is 3.36. The SMILES string of the molecule is O=C(c1sc(N2CCCC2)nc1Cl)N1CCC(Cc2nn[nH]n2)CC1. The van der Waals surface area contributed by atoms with Gasteiger partial charge in [-0.05, 0) is 31.6 Å². The highest BCUT2D eigenvalue weighted by Crippen LogP contribution is 2.33. The Morgan fingerprint density at radius 2 is 2.00 bits per heavy atom. The van der Waals surface area contributed by atoms with Crippen LogP contribution < -0.4 is 4.90 Å². The van der Waals surface area contributed by atoms with Crippen LogP contribution in [0, 0.1) is 5.92 Å². The van der Waals surface area contributed by atoms with Gasteiger partial charge in [0, 0.05) is 32.6 Å². The number of piperidine rings is 1. The molecule has 4 heterocycles. The number of halogens is 1. The molecule has 1 amide bonds. The predicted molar refractivity (Wildman–Crippen MR) is 95.1 cm³/mol. The summed E-state index contributed by atoms with van der Waals surface area (Å²) >= 11 is 7.68. The molecule has 2 fully saturated rings. The van der Waals surface area contributed by atoms with E-state index in [4.69, 9.17) is 11.6 Å². The van der Waals surface area contributed by atoms with Gasteiger partial charge >= 0.3 is 0 Å². The van der Waals surface area contributed by atoms with Crippen molar-refractivity contribution in [3.8, 4) is 0 Å². The number of rotatable bonds is 4. The average molecular weight is 382 g/mol. The molecule has 1 N–H and O–H groups in total. The van der Waals surface area contributed by atoms with Crippen LogP contribution in [0.15, 0.2) is 0 Å². The zero-order valence-corrected chi connectivity index (χ0v) is 15.4. The van der Waals surface area contributed by atoms with E-state index in [1.54, 1.807) is 0 Å². The number of likely N-dealkylation sites (tertiary alicyclic amines) is 1. The van der Waals surface area contributed by atoms with Gasteiger partial charge in [0.2, 0.25) is 0 Å². The number of hydrogen-bond donors (Lipinski definition) is 1. The van der Waals surface area contributed by atoms with Crippen molar-refractivity contribution in [2.75, 3.05) is 31.1 Å². The topological polar surface area (TPSA) is 90.9 Å². The van der Waals surface area contributed by atoms with Crippen LogP contribution in [0.3, 0.4) is 0 Å². The van der Waals surface area contributed by atoms with Gasteiger partial charge in [0.15, 0.2) is 16.1 Å². The number of amides is 1. The van der Waals surface area contributed by atoms with E-state index in [0.29, 0.717) is 15.9 Å². The minimum Gasteiger partial charge on any atom is -0.348 e. The first-order valence-electron chi connectivity index (χ1n) is 8.63. The Hall–Kier alpha value is -1.74. The molecule has 2 saturated heterocycles. The molecular formula is C15H20ClN7OS. The number of carbonyl (C=O) groups is 1. The number of carbonyl (C=O) groups excluding carboxylic acids is 1. The van der Waals surface area contributed by atoms with Crippen LogP contribution >= 0.6 is 22.9 Å². The van der Waals surface area contributed by atoms with Crippen molar-refractivity contribution in [2.45, 2.75) is 32.1 Å². The molecule has 0 bridgehead atoms. The van der Waals surface area contributed by atoms with Gasteiger partial charge in [-0.2, -0.15) is 5.21 Å². The molecule has 0 atom stereocenters. The molecule has 2 aromatic heterocycles. The number of nitrogens with one attached hydrogen (secondary N) is 1. The van der Waals surface area contributed by atoms with E-state index >= 15 is 0 Å². The number of H-pyrrole nitrogens is 1. The Kier molecular flexibility index (Phi) is 4.85.